The van der Waals surface area contributed by atoms with Crippen molar-refractivity contribution in [3.05, 3.63) is 35.4 Å². The number of ether oxygens (including phenoxy) is 1. The molecule has 0 fully saturated rings. The first kappa shape index (κ1) is 11.3. The molecule has 1 nitrogen and oxygen atoms in total. The van der Waals surface area contributed by atoms with Gasteiger partial charge in [-0.1, -0.05) is 38.1 Å². The highest BCUT2D eigenvalue weighted by atomic mass is 16.5. The van der Waals surface area contributed by atoms with Crippen LogP contribution in [-0.2, 0) is 11.2 Å². The monoisotopic (exact) mass is 192 g/mol. The van der Waals surface area contributed by atoms with E-state index in [4.69, 9.17) is 4.74 Å². The lowest BCUT2D eigenvalue weighted by atomic mass is 9.99. The standard InChI is InChI=1S/C13H20O/c1-10(2)8-12-6-5-7-13(9-12)11(3)14-4/h5-7,9-11H,8H2,1-4H3. The Balaban J connectivity index is 2.78. The van der Waals surface area contributed by atoms with E-state index in [1.54, 1.807) is 7.11 Å². The summed E-state index contributed by atoms with van der Waals surface area (Å²) in [6, 6.07) is 8.67. The van der Waals surface area contributed by atoms with Gasteiger partial charge in [-0.3, -0.25) is 0 Å². The maximum Gasteiger partial charge on any atom is 0.0793 e. The molecule has 0 aliphatic heterocycles. The van der Waals surface area contributed by atoms with Crippen molar-refractivity contribution < 1.29 is 4.74 Å². The van der Waals surface area contributed by atoms with Crippen LogP contribution in [0.2, 0.25) is 0 Å². The van der Waals surface area contributed by atoms with Gasteiger partial charge in [0.05, 0.1) is 6.10 Å². The number of methoxy groups -OCH3 is 1. The smallest absolute Gasteiger partial charge is 0.0793 e. The third kappa shape index (κ3) is 3.15. The van der Waals surface area contributed by atoms with E-state index in [1.807, 2.05) is 0 Å². The van der Waals surface area contributed by atoms with Crippen molar-refractivity contribution in [1.29, 1.82) is 0 Å². The van der Waals surface area contributed by atoms with E-state index in [2.05, 4.69) is 45.0 Å². The zero-order valence-corrected chi connectivity index (χ0v) is 9.58. The van der Waals surface area contributed by atoms with E-state index in [1.165, 1.54) is 11.1 Å². The number of hydrogen-bond acceptors (Lipinski definition) is 1. The van der Waals surface area contributed by atoms with Gasteiger partial charge in [-0.2, -0.15) is 0 Å². The fourth-order valence-electron chi connectivity index (χ4n) is 1.58. The Hall–Kier alpha value is -0.820. The van der Waals surface area contributed by atoms with Crippen LogP contribution in [0.25, 0.3) is 0 Å². The molecule has 1 heteroatoms. The Bertz CT molecular complexity index is 278. The molecule has 0 aliphatic carbocycles. The molecule has 1 rings (SSSR count). The molecule has 78 valence electrons. The van der Waals surface area contributed by atoms with Gasteiger partial charge in [0.25, 0.3) is 0 Å². The fourth-order valence-corrected chi connectivity index (χ4v) is 1.58. The van der Waals surface area contributed by atoms with Crippen LogP contribution in [0.1, 0.15) is 38.0 Å². The van der Waals surface area contributed by atoms with Crippen molar-refractivity contribution in [2.75, 3.05) is 7.11 Å². The first-order valence-electron chi connectivity index (χ1n) is 5.25. The van der Waals surface area contributed by atoms with Crippen LogP contribution in [0.3, 0.4) is 0 Å². The Morgan fingerprint density at radius 1 is 1.21 bits per heavy atom. The van der Waals surface area contributed by atoms with E-state index < -0.39 is 0 Å². The second-order valence-corrected chi connectivity index (χ2v) is 4.22. The van der Waals surface area contributed by atoms with Gasteiger partial charge in [-0.15, -0.1) is 0 Å². The Kier molecular flexibility index (Phi) is 4.15. The summed E-state index contributed by atoms with van der Waals surface area (Å²) >= 11 is 0. The minimum absolute atomic E-state index is 0.196. The summed E-state index contributed by atoms with van der Waals surface area (Å²) in [5, 5.41) is 0. The molecular formula is C13H20O. The highest BCUT2D eigenvalue weighted by molar-refractivity contribution is 5.25. The van der Waals surface area contributed by atoms with Gasteiger partial charge in [-0.05, 0) is 30.4 Å². The van der Waals surface area contributed by atoms with E-state index in [0.717, 1.165) is 6.42 Å². The first-order valence-corrected chi connectivity index (χ1v) is 5.25. The van der Waals surface area contributed by atoms with E-state index in [9.17, 15) is 0 Å². The van der Waals surface area contributed by atoms with Crippen molar-refractivity contribution in [3.8, 4) is 0 Å². The quantitative estimate of drug-likeness (QED) is 0.708. The minimum atomic E-state index is 0.196. The van der Waals surface area contributed by atoms with Crippen molar-refractivity contribution in [1.82, 2.24) is 0 Å². The van der Waals surface area contributed by atoms with Gasteiger partial charge in [0.1, 0.15) is 0 Å². The average Bonchev–Trinajstić information content (AvgIpc) is 2.16. The first-order chi connectivity index (χ1) is 6.63. The summed E-state index contributed by atoms with van der Waals surface area (Å²) in [6.45, 7) is 6.56. The second-order valence-electron chi connectivity index (χ2n) is 4.22. The van der Waals surface area contributed by atoms with Crippen LogP contribution in [-0.4, -0.2) is 7.11 Å². The summed E-state index contributed by atoms with van der Waals surface area (Å²) in [7, 11) is 1.75. The predicted octanol–water partition coefficient (Wildman–Crippen LogP) is 3.59. The largest absolute Gasteiger partial charge is 0.377 e. The van der Waals surface area contributed by atoms with Gasteiger partial charge in [0, 0.05) is 7.11 Å². The maximum atomic E-state index is 5.30. The van der Waals surface area contributed by atoms with Crippen LogP contribution in [0.4, 0.5) is 0 Å². The lowest BCUT2D eigenvalue weighted by Gasteiger charge is -2.12. The zero-order chi connectivity index (χ0) is 10.6. The molecule has 14 heavy (non-hydrogen) atoms. The minimum Gasteiger partial charge on any atom is -0.377 e. The number of hydrogen-bond donors (Lipinski definition) is 0. The van der Waals surface area contributed by atoms with Crippen LogP contribution in [0.5, 0.6) is 0 Å². The normalized spacial score (nSPS) is 13.2. The highest BCUT2D eigenvalue weighted by Gasteiger charge is 2.04. The summed E-state index contributed by atoms with van der Waals surface area (Å²) in [5.41, 5.74) is 2.67. The zero-order valence-electron chi connectivity index (χ0n) is 9.58. The van der Waals surface area contributed by atoms with Gasteiger partial charge >= 0.3 is 0 Å². The fraction of sp³-hybridized carbons (Fsp3) is 0.538. The molecule has 0 saturated carbocycles. The molecule has 1 unspecified atom stereocenters. The molecule has 1 aromatic carbocycles. The molecule has 0 bridgehead atoms. The summed E-state index contributed by atoms with van der Waals surface area (Å²) < 4.78 is 5.30. The van der Waals surface area contributed by atoms with E-state index in [-0.39, 0.29) is 6.10 Å². The Labute approximate surface area is 87.1 Å². The van der Waals surface area contributed by atoms with Crippen molar-refractivity contribution in [3.63, 3.8) is 0 Å². The molecule has 1 aromatic rings. The van der Waals surface area contributed by atoms with Crippen LogP contribution < -0.4 is 0 Å². The van der Waals surface area contributed by atoms with Gasteiger partial charge < -0.3 is 4.74 Å². The molecule has 0 radical (unpaired) electrons. The molecule has 0 N–H and O–H groups in total. The van der Waals surface area contributed by atoms with Gasteiger partial charge in [-0.25, -0.2) is 0 Å². The maximum absolute atomic E-state index is 5.30. The van der Waals surface area contributed by atoms with E-state index in [0.29, 0.717) is 5.92 Å². The van der Waals surface area contributed by atoms with E-state index >= 15 is 0 Å². The van der Waals surface area contributed by atoms with Crippen LogP contribution in [0.15, 0.2) is 24.3 Å². The van der Waals surface area contributed by atoms with Gasteiger partial charge in [0.15, 0.2) is 0 Å². The third-order valence-corrected chi connectivity index (χ3v) is 2.42. The lowest BCUT2D eigenvalue weighted by molar-refractivity contribution is 0.119. The molecule has 0 aromatic heterocycles. The van der Waals surface area contributed by atoms with Crippen molar-refractivity contribution >= 4 is 0 Å². The Morgan fingerprint density at radius 3 is 2.50 bits per heavy atom. The third-order valence-electron chi connectivity index (χ3n) is 2.42. The summed E-state index contributed by atoms with van der Waals surface area (Å²) in [6.07, 6.45) is 1.34. The highest BCUT2D eigenvalue weighted by Crippen LogP contribution is 2.18. The summed E-state index contributed by atoms with van der Waals surface area (Å²) in [5.74, 6) is 0.711. The molecule has 0 spiro atoms. The SMILES string of the molecule is COC(C)c1cccc(CC(C)C)c1. The number of benzene rings is 1. The molecule has 0 heterocycles. The molecular weight excluding hydrogens is 172 g/mol. The topological polar surface area (TPSA) is 9.23 Å². The predicted molar refractivity (Wildman–Crippen MR) is 60.4 cm³/mol. The average molecular weight is 192 g/mol. The molecule has 0 saturated heterocycles. The second kappa shape index (κ2) is 5.16. The molecule has 0 aliphatic rings. The van der Waals surface area contributed by atoms with Gasteiger partial charge in [0.2, 0.25) is 0 Å². The van der Waals surface area contributed by atoms with Crippen molar-refractivity contribution in [2.24, 2.45) is 5.92 Å². The Morgan fingerprint density at radius 2 is 1.93 bits per heavy atom. The molecule has 1 atom stereocenters. The van der Waals surface area contributed by atoms with Crippen molar-refractivity contribution in [2.45, 2.75) is 33.3 Å². The molecule has 0 amide bonds. The number of rotatable bonds is 4. The summed E-state index contributed by atoms with van der Waals surface area (Å²) in [4.78, 5) is 0. The van der Waals surface area contributed by atoms with Crippen LogP contribution >= 0.6 is 0 Å². The van der Waals surface area contributed by atoms with Crippen LogP contribution in [0, 0.1) is 5.92 Å². The lowest BCUT2D eigenvalue weighted by Crippen LogP contribution is -1.99.